The predicted octanol–water partition coefficient (Wildman–Crippen LogP) is 3.78. The highest BCUT2D eigenvalue weighted by Crippen LogP contribution is 2.23. The number of hydrogen-bond acceptors (Lipinski definition) is 4. The fourth-order valence-corrected chi connectivity index (χ4v) is 3.02. The number of aromatic nitrogens is 1. The van der Waals surface area contributed by atoms with Crippen molar-refractivity contribution in [1.29, 1.82) is 0 Å². The number of likely N-dealkylation sites (tertiary alicyclic amines) is 1. The zero-order chi connectivity index (χ0) is 14.7. The maximum absolute atomic E-state index is 5.87. The Morgan fingerprint density at radius 1 is 1.29 bits per heavy atom. The fourth-order valence-electron chi connectivity index (χ4n) is 3.02. The monoisotopic (exact) mass is 288 g/mol. The summed E-state index contributed by atoms with van der Waals surface area (Å²) in [4.78, 5) is 2.58. The van der Waals surface area contributed by atoms with Crippen molar-refractivity contribution in [3.05, 3.63) is 23.9 Å². The van der Waals surface area contributed by atoms with Crippen LogP contribution in [0.4, 0.5) is 0 Å². The van der Waals surface area contributed by atoms with Crippen molar-refractivity contribution in [2.45, 2.75) is 45.6 Å². The van der Waals surface area contributed by atoms with E-state index < -0.39 is 0 Å². The van der Waals surface area contributed by atoms with Crippen molar-refractivity contribution in [2.24, 2.45) is 0 Å². The highest BCUT2D eigenvalue weighted by molar-refractivity contribution is 5.80. The molecule has 21 heavy (non-hydrogen) atoms. The second-order valence-corrected chi connectivity index (χ2v) is 6.01. The summed E-state index contributed by atoms with van der Waals surface area (Å²) in [6, 6.07) is 6.55. The lowest BCUT2D eigenvalue weighted by Gasteiger charge is -2.32. The molecule has 114 valence electrons. The average Bonchev–Trinajstić information content (AvgIpc) is 2.89. The third kappa shape index (κ3) is 3.38. The molecule has 2 aromatic rings. The summed E-state index contributed by atoms with van der Waals surface area (Å²) in [7, 11) is 0. The van der Waals surface area contributed by atoms with E-state index >= 15 is 0 Å². The van der Waals surface area contributed by atoms with Crippen molar-refractivity contribution >= 4 is 11.0 Å². The Hall–Kier alpha value is -1.55. The number of ether oxygens (including phenoxy) is 1. The molecule has 4 nitrogen and oxygen atoms in total. The lowest BCUT2D eigenvalue weighted by Crippen LogP contribution is -2.38. The molecular formula is C17H24N2O2. The van der Waals surface area contributed by atoms with Gasteiger partial charge in [-0.1, -0.05) is 11.6 Å². The van der Waals surface area contributed by atoms with Crippen LogP contribution in [0.1, 0.15) is 38.3 Å². The largest absolute Gasteiger partial charge is 0.493 e. The molecule has 2 heterocycles. The van der Waals surface area contributed by atoms with Crippen molar-refractivity contribution in [2.75, 3.05) is 19.7 Å². The lowest BCUT2D eigenvalue weighted by molar-refractivity contribution is 0.149. The molecule has 1 aromatic carbocycles. The Labute approximate surface area is 126 Å². The van der Waals surface area contributed by atoms with Gasteiger partial charge in [0.1, 0.15) is 5.75 Å². The van der Waals surface area contributed by atoms with Gasteiger partial charge in [-0.05, 0) is 58.3 Å². The number of hydrogen-bond donors (Lipinski definition) is 0. The molecule has 1 saturated heterocycles. The molecule has 1 aliphatic rings. The van der Waals surface area contributed by atoms with Crippen molar-refractivity contribution in [3.8, 4) is 5.75 Å². The molecule has 0 bridgehead atoms. The smallest absolute Gasteiger partial charge is 0.170 e. The minimum absolute atomic E-state index is 0.599. The standard InChI is InChI=1S/C17H24N2O2/c1-13(19-9-4-3-5-10-19)8-11-20-15-6-7-16-14(2)18-21-17(16)12-15/h6-7,12-13H,3-5,8-11H2,1-2H3. The van der Waals surface area contributed by atoms with Crippen LogP contribution < -0.4 is 4.74 Å². The van der Waals surface area contributed by atoms with Gasteiger partial charge in [-0.15, -0.1) is 0 Å². The van der Waals surface area contributed by atoms with Gasteiger partial charge in [0.2, 0.25) is 0 Å². The minimum Gasteiger partial charge on any atom is -0.493 e. The summed E-state index contributed by atoms with van der Waals surface area (Å²) in [6.45, 7) is 7.48. The summed E-state index contributed by atoms with van der Waals surface area (Å²) in [5.74, 6) is 0.865. The molecule has 1 aromatic heterocycles. The van der Waals surface area contributed by atoms with Gasteiger partial charge in [0.15, 0.2) is 5.58 Å². The third-order valence-electron chi connectivity index (χ3n) is 4.44. The van der Waals surface area contributed by atoms with Gasteiger partial charge >= 0.3 is 0 Å². The molecule has 3 rings (SSSR count). The van der Waals surface area contributed by atoms with E-state index in [1.165, 1.54) is 32.4 Å². The number of rotatable bonds is 5. The number of benzene rings is 1. The van der Waals surface area contributed by atoms with Gasteiger partial charge in [-0.3, -0.25) is 0 Å². The Balaban J connectivity index is 1.51. The molecule has 0 amide bonds. The first-order valence-corrected chi connectivity index (χ1v) is 7.97. The van der Waals surface area contributed by atoms with Crippen LogP contribution in [0.3, 0.4) is 0 Å². The topological polar surface area (TPSA) is 38.5 Å². The molecule has 1 aliphatic heterocycles. The van der Waals surface area contributed by atoms with E-state index in [0.29, 0.717) is 6.04 Å². The van der Waals surface area contributed by atoms with Gasteiger partial charge < -0.3 is 14.2 Å². The van der Waals surface area contributed by atoms with E-state index in [4.69, 9.17) is 9.26 Å². The predicted molar refractivity (Wildman–Crippen MR) is 83.7 cm³/mol. The quantitative estimate of drug-likeness (QED) is 0.839. The molecule has 1 atom stereocenters. The number of piperidine rings is 1. The van der Waals surface area contributed by atoms with Gasteiger partial charge in [0.25, 0.3) is 0 Å². The Morgan fingerprint density at radius 3 is 2.90 bits per heavy atom. The van der Waals surface area contributed by atoms with E-state index in [2.05, 4.69) is 17.0 Å². The Bertz CT molecular complexity index is 587. The third-order valence-corrected chi connectivity index (χ3v) is 4.44. The molecule has 0 spiro atoms. The average molecular weight is 288 g/mol. The zero-order valence-corrected chi connectivity index (χ0v) is 13.0. The van der Waals surface area contributed by atoms with Crippen LogP contribution in [0.5, 0.6) is 5.75 Å². The molecule has 0 radical (unpaired) electrons. The maximum Gasteiger partial charge on any atom is 0.170 e. The van der Waals surface area contributed by atoms with E-state index in [9.17, 15) is 0 Å². The van der Waals surface area contributed by atoms with E-state index in [0.717, 1.165) is 35.4 Å². The molecular weight excluding hydrogens is 264 g/mol. The number of aryl methyl sites for hydroxylation is 1. The Morgan fingerprint density at radius 2 is 2.10 bits per heavy atom. The lowest BCUT2D eigenvalue weighted by atomic mass is 10.1. The van der Waals surface area contributed by atoms with E-state index in [1.54, 1.807) is 0 Å². The van der Waals surface area contributed by atoms with Crippen molar-refractivity contribution < 1.29 is 9.26 Å². The summed E-state index contributed by atoms with van der Waals surface area (Å²) >= 11 is 0. The van der Waals surface area contributed by atoms with Crippen LogP contribution in [0.25, 0.3) is 11.0 Å². The minimum atomic E-state index is 0.599. The van der Waals surface area contributed by atoms with Crippen LogP contribution in [0.2, 0.25) is 0 Å². The zero-order valence-electron chi connectivity index (χ0n) is 13.0. The van der Waals surface area contributed by atoms with Crippen LogP contribution in [-0.4, -0.2) is 35.8 Å². The first-order valence-electron chi connectivity index (χ1n) is 7.97. The van der Waals surface area contributed by atoms with Gasteiger partial charge in [-0.2, -0.15) is 0 Å². The van der Waals surface area contributed by atoms with Crippen molar-refractivity contribution in [3.63, 3.8) is 0 Å². The molecule has 0 aliphatic carbocycles. The number of fused-ring (bicyclic) bond motifs is 1. The van der Waals surface area contributed by atoms with Crippen LogP contribution in [0, 0.1) is 6.92 Å². The highest BCUT2D eigenvalue weighted by atomic mass is 16.5. The summed E-state index contributed by atoms with van der Waals surface area (Å²) in [5.41, 5.74) is 1.73. The molecule has 1 fully saturated rings. The summed E-state index contributed by atoms with van der Waals surface area (Å²) in [6.07, 6.45) is 5.13. The first kappa shape index (κ1) is 14.4. The summed E-state index contributed by atoms with van der Waals surface area (Å²) < 4.78 is 11.1. The van der Waals surface area contributed by atoms with Gasteiger partial charge in [-0.25, -0.2) is 0 Å². The first-order chi connectivity index (χ1) is 10.2. The van der Waals surface area contributed by atoms with E-state index in [1.807, 2.05) is 25.1 Å². The van der Waals surface area contributed by atoms with E-state index in [-0.39, 0.29) is 0 Å². The summed E-state index contributed by atoms with van der Waals surface area (Å²) in [5, 5.41) is 5.03. The Kier molecular flexibility index (Phi) is 4.44. The van der Waals surface area contributed by atoms with Gasteiger partial charge in [0, 0.05) is 17.5 Å². The maximum atomic E-state index is 5.87. The second-order valence-electron chi connectivity index (χ2n) is 6.01. The van der Waals surface area contributed by atoms with Crippen LogP contribution >= 0.6 is 0 Å². The van der Waals surface area contributed by atoms with Gasteiger partial charge in [0.05, 0.1) is 12.3 Å². The fraction of sp³-hybridized carbons (Fsp3) is 0.588. The van der Waals surface area contributed by atoms with Crippen molar-refractivity contribution in [1.82, 2.24) is 10.1 Å². The second kappa shape index (κ2) is 6.48. The normalized spacial score (nSPS) is 18.0. The van der Waals surface area contributed by atoms with Crippen LogP contribution in [-0.2, 0) is 0 Å². The molecule has 1 unspecified atom stereocenters. The number of nitrogens with zero attached hydrogens (tertiary/aromatic N) is 2. The van der Waals surface area contributed by atoms with Crippen LogP contribution in [0.15, 0.2) is 22.7 Å². The highest BCUT2D eigenvalue weighted by Gasteiger charge is 2.16. The molecule has 0 saturated carbocycles. The molecule has 4 heteroatoms. The SMILES string of the molecule is Cc1noc2cc(OCCC(C)N3CCCCC3)ccc12. The molecule has 0 N–H and O–H groups in total.